The highest BCUT2D eigenvalue weighted by atomic mass is 79.9. The van der Waals surface area contributed by atoms with E-state index < -0.39 is 0 Å². The molecule has 2 nitrogen and oxygen atoms in total. The first kappa shape index (κ1) is 13.8. The quantitative estimate of drug-likeness (QED) is 0.883. The molecule has 0 fully saturated rings. The van der Waals surface area contributed by atoms with Gasteiger partial charge in [0.25, 0.3) is 0 Å². The molecule has 3 heteroatoms. The summed E-state index contributed by atoms with van der Waals surface area (Å²) >= 11 is 3.49. The van der Waals surface area contributed by atoms with Gasteiger partial charge < -0.3 is 5.32 Å². The van der Waals surface area contributed by atoms with Crippen molar-refractivity contribution in [2.75, 3.05) is 5.32 Å². The van der Waals surface area contributed by atoms with Crippen LogP contribution < -0.4 is 5.32 Å². The van der Waals surface area contributed by atoms with Crippen molar-refractivity contribution in [3.05, 3.63) is 64.1 Å². The van der Waals surface area contributed by atoms with Gasteiger partial charge in [-0.1, -0.05) is 53.2 Å². The highest BCUT2D eigenvalue weighted by Gasteiger charge is 2.13. The zero-order chi connectivity index (χ0) is 13.8. The van der Waals surface area contributed by atoms with Crippen LogP contribution in [0.1, 0.15) is 30.9 Å². The second kappa shape index (κ2) is 6.02. The molecular weight excluding hydrogens is 302 g/mol. The van der Waals surface area contributed by atoms with Crippen molar-refractivity contribution in [2.24, 2.45) is 0 Å². The minimum Gasteiger partial charge on any atom is -0.326 e. The molecule has 0 spiro atoms. The lowest BCUT2D eigenvalue weighted by Gasteiger charge is -2.17. The minimum atomic E-state index is -0.0520. The molecule has 0 saturated carbocycles. The van der Waals surface area contributed by atoms with Gasteiger partial charge in [0.1, 0.15) is 0 Å². The predicted octanol–water partition coefficient (Wildman–Crippen LogP) is 4.56. The molecule has 2 rings (SSSR count). The monoisotopic (exact) mass is 317 g/mol. The largest absolute Gasteiger partial charge is 0.326 e. The van der Waals surface area contributed by atoms with Gasteiger partial charge in [-0.15, -0.1) is 0 Å². The molecule has 1 unspecified atom stereocenters. The molecular formula is C16H16BrNO. The molecule has 2 aromatic rings. The van der Waals surface area contributed by atoms with Crippen LogP contribution >= 0.6 is 15.9 Å². The van der Waals surface area contributed by atoms with Crippen LogP contribution in [0.15, 0.2) is 53.0 Å². The molecule has 0 aliphatic rings. The fraction of sp³-hybridized carbons (Fsp3) is 0.188. The van der Waals surface area contributed by atoms with Crippen molar-refractivity contribution in [3.8, 4) is 0 Å². The van der Waals surface area contributed by atoms with Crippen molar-refractivity contribution in [1.82, 2.24) is 0 Å². The molecule has 1 amide bonds. The summed E-state index contributed by atoms with van der Waals surface area (Å²) in [5, 5.41) is 2.89. The Hall–Kier alpha value is -1.61. The molecule has 2 aromatic carbocycles. The van der Waals surface area contributed by atoms with Gasteiger partial charge >= 0.3 is 0 Å². The lowest BCUT2D eigenvalue weighted by atomic mass is 9.92. The van der Waals surface area contributed by atoms with E-state index in [1.54, 1.807) is 0 Å². The van der Waals surface area contributed by atoms with Crippen molar-refractivity contribution < 1.29 is 4.79 Å². The Morgan fingerprint density at radius 2 is 1.84 bits per heavy atom. The highest BCUT2D eigenvalue weighted by molar-refractivity contribution is 9.10. The lowest BCUT2D eigenvalue weighted by Crippen LogP contribution is -2.10. The van der Waals surface area contributed by atoms with E-state index in [9.17, 15) is 4.79 Å². The number of nitrogens with one attached hydrogen (secondary N) is 1. The van der Waals surface area contributed by atoms with E-state index >= 15 is 0 Å². The molecule has 0 aliphatic carbocycles. The number of carbonyl (C=O) groups is 1. The standard InChI is InChI=1S/C16H16BrNO/c1-11(13-6-4-3-5-7-13)15-10-14(17)8-9-16(15)18-12(2)19/h3-11H,1-2H3,(H,18,19). The summed E-state index contributed by atoms with van der Waals surface area (Å²) in [4.78, 5) is 11.3. The number of hydrogen-bond acceptors (Lipinski definition) is 1. The van der Waals surface area contributed by atoms with Gasteiger partial charge in [-0.25, -0.2) is 0 Å². The predicted molar refractivity (Wildman–Crippen MR) is 82.4 cm³/mol. The average Bonchev–Trinajstić information content (AvgIpc) is 2.40. The van der Waals surface area contributed by atoms with Gasteiger partial charge in [-0.2, -0.15) is 0 Å². The SMILES string of the molecule is CC(=O)Nc1ccc(Br)cc1C(C)c1ccccc1. The van der Waals surface area contributed by atoms with E-state index in [0.717, 1.165) is 15.7 Å². The molecule has 0 aliphatic heterocycles. The zero-order valence-electron chi connectivity index (χ0n) is 11.0. The third-order valence-corrected chi connectivity index (χ3v) is 3.58. The Morgan fingerprint density at radius 3 is 2.47 bits per heavy atom. The number of amides is 1. The molecule has 0 aromatic heterocycles. The number of rotatable bonds is 3. The molecule has 0 radical (unpaired) electrons. The number of halogens is 1. The molecule has 1 N–H and O–H groups in total. The Kier molecular flexibility index (Phi) is 4.38. The Balaban J connectivity index is 2.42. The molecule has 19 heavy (non-hydrogen) atoms. The van der Waals surface area contributed by atoms with Gasteiger partial charge in [-0.05, 0) is 29.3 Å². The summed E-state index contributed by atoms with van der Waals surface area (Å²) in [6.45, 7) is 3.67. The summed E-state index contributed by atoms with van der Waals surface area (Å²) in [6.07, 6.45) is 0. The van der Waals surface area contributed by atoms with Crippen LogP contribution in [-0.2, 0) is 4.79 Å². The second-order valence-electron chi connectivity index (χ2n) is 4.55. The van der Waals surface area contributed by atoms with E-state index in [1.165, 1.54) is 12.5 Å². The topological polar surface area (TPSA) is 29.1 Å². The second-order valence-corrected chi connectivity index (χ2v) is 5.46. The number of carbonyl (C=O) groups excluding carboxylic acids is 1. The molecule has 98 valence electrons. The van der Waals surface area contributed by atoms with Gasteiger partial charge in [0.05, 0.1) is 0 Å². The van der Waals surface area contributed by atoms with Crippen molar-refractivity contribution in [3.63, 3.8) is 0 Å². The van der Waals surface area contributed by atoms with Crippen molar-refractivity contribution in [2.45, 2.75) is 19.8 Å². The van der Waals surface area contributed by atoms with Gasteiger partial charge in [0, 0.05) is 23.0 Å². The molecule has 0 saturated heterocycles. The van der Waals surface area contributed by atoms with E-state index in [0.29, 0.717) is 0 Å². The summed E-state index contributed by atoms with van der Waals surface area (Å²) < 4.78 is 1.01. The molecule has 0 bridgehead atoms. The summed E-state index contributed by atoms with van der Waals surface area (Å²) in [5.41, 5.74) is 3.20. The summed E-state index contributed by atoms with van der Waals surface area (Å²) in [6, 6.07) is 16.2. The maximum Gasteiger partial charge on any atom is 0.221 e. The normalized spacial score (nSPS) is 11.9. The number of hydrogen-bond donors (Lipinski definition) is 1. The van der Waals surface area contributed by atoms with Crippen LogP contribution in [0.3, 0.4) is 0 Å². The lowest BCUT2D eigenvalue weighted by molar-refractivity contribution is -0.114. The maximum atomic E-state index is 11.3. The average molecular weight is 318 g/mol. The van der Waals surface area contributed by atoms with Crippen molar-refractivity contribution >= 4 is 27.5 Å². The van der Waals surface area contributed by atoms with E-state index in [4.69, 9.17) is 0 Å². The molecule has 0 heterocycles. The summed E-state index contributed by atoms with van der Waals surface area (Å²) in [5.74, 6) is 0.171. The van der Waals surface area contributed by atoms with Gasteiger partial charge in [0.15, 0.2) is 0 Å². The summed E-state index contributed by atoms with van der Waals surface area (Å²) in [7, 11) is 0. The maximum absolute atomic E-state index is 11.3. The smallest absolute Gasteiger partial charge is 0.221 e. The Morgan fingerprint density at radius 1 is 1.16 bits per heavy atom. The minimum absolute atomic E-state index is 0.0520. The van der Waals surface area contributed by atoms with E-state index in [1.807, 2.05) is 30.3 Å². The fourth-order valence-electron chi connectivity index (χ4n) is 2.12. The van der Waals surface area contributed by atoms with Gasteiger partial charge in [-0.3, -0.25) is 4.79 Å². The molecule has 1 atom stereocenters. The zero-order valence-corrected chi connectivity index (χ0v) is 12.6. The highest BCUT2D eigenvalue weighted by Crippen LogP contribution is 2.32. The number of anilines is 1. The van der Waals surface area contributed by atoms with E-state index in [-0.39, 0.29) is 11.8 Å². The van der Waals surface area contributed by atoms with Crippen LogP contribution in [0.4, 0.5) is 5.69 Å². The first-order valence-electron chi connectivity index (χ1n) is 6.20. The van der Waals surface area contributed by atoms with Gasteiger partial charge in [0.2, 0.25) is 5.91 Å². The third kappa shape index (κ3) is 3.44. The first-order chi connectivity index (χ1) is 9.08. The third-order valence-electron chi connectivity index (χ3n) is 3.09. The fourth-order valence-corrected chi connectivity index (χ4v) is 2.50. The van der Waals surface area contributed by atoms with Crippen LogP contribution in [-0.4, -0.2) is 5.91 Å². The van der Waals surface area contributed by atoms with Crippen LogP contribution in [0, 0.1) is 0 Å². The van der Waals surface area contributed by atoms with Crippen LogP contribution in [0.25, 0.3) is 0 Å². The first-order valence-corrected chi connectivity index (χ1v) is 6.99. The number of benzene rings is 2. The van der Waals surface area contributed by atoms with Crippen LogP contribution in [0.2, 0.25) is 0 Å². The van der Waals surface area contributed by atoms with Crippen molar-refractivity contribution in [1.29, 1.82) is 0 Å². The van der Waals surface area contributed by atoms with Crippen LogP contribution in [0.5, 0.6) is 0 Å². The Bertz CT molecular complexity index is 581. The Labute approximate surface area is 122 Å². The van der Waals surface area contributed by atoms with E-state index in [2.05, 4.69) is 46.4 Å².